The van der Waals surface area contributed by atoms with Crippen LogP contribution in [0.2, 0.25) is 0 Å². The molecular weight excluding hydrogens is 403 g/mol. The number of nitrogens with zero attached hydrogens (tertiary/aromatic N) is 4. The molecule has 1 aliphatic heterocycles. The summed E-state index contributed by atoms with van der Waals surface area (Å²) in [7, 11) is 4.26. The van der Waals surface area contributed by atoms with E-state index in [4.69, 9.17) is 4.84 Å². The van der Waals surface area contributed by atoms with Gasteiger partial charge in [0.05, 0.1) is 5.69 Å². The molecule has 0 saturated carbocycles. The number of halogens is 1. The van der Waals surface area contributed by atoms with Gasteiger partial charge in [-0.05, 0) is 70.9 Å². The Labute approximate surface area is 191 Å². The fourth-order valence-corrected chi connectivity index (χ4v) is 4.73. The van der Waals surface area contributed by atoms with Gasteiger partial charge in [-0.25, -0.2) is 4.39 Å². The van der Waals surface area contributed by atoms with E-state index in [1.807, 2.05) is 6.07 Å². The molecule has 1 aromatic heterocycles. The fourth-order valence-electron chi connectivity index (χ4n) is 4.73. The van der Waals surface area contributed by atoms with Crippen LogP contribution in [0.15, 0.2) is 24.3 Å². The van der Waals surface area contributed by atoms with Gasteiger partial charge < -0.3 is 19.2 Å². The minimum absolute atomic E-state index is 0.151. The van der Waals surface area contributed by atoms with Crippen LogP contribution in [0.4, 0.5) is 4.39 Å². The monoisotopic (exact) mass is 440 g/mol. The first kappa shape index (κ1) is 23.0. The maximum Gasteiger partial charge on any atom is 0.175 e. The number of hydrogen-bond acceptors (Lipinski definition) is 4. The van der Waals surface area contributed by atoms with Gasteiger partial charge in [0.1, 0.15) is 5.82 Å². The molecule has 0 atom stereocenters. The average Bonchev–Trinajstić information content (AvgIpc) is 3.04. The highest BCUT2D eigenvalue weighted by molar-refractivity contribution is 5.46. The molecule has 1 aliphatic carbocycles. The zero-order valence-electron chi connectivity index (χ0n) is 19.8. The fraction of sp³-hybridized carbons (Fsp3) is 0.538. The first-order valence-corrected chi connectivity index (χ1v) is 11.9. The van der Waals surface area contributed by atoms with Gasteiger partial charge in [0, 0.05) is 49.8 Å². The van der Waals surface area contributed by atoms with Crippen LogP contribution < -0.4 is 15.4 Å². The first-order valence-electron chi connectivity index (χ1n) is 11.9. The molecule has 5 nitrogen and oxygen atoms in total. The Bertz CT molecular complexity index is 1020. The number of rotatable bonds is 9. The second-order valence-corrected chi connectivity index (χ2v) is 9.25. The molecule has 0 spiro atoms. The van der Waals surface area contributed by atoms with E-state index in [-0.39, 0.29) is 5.82 Å². The molecule has 174 valence electrons. The lowest BCUT2D eigenvalue weighted by Crippen LogP contribution is -2.48. The van der Waals surface area contributed by atoms with Crippen molar-refractivity contribution in [3.8, 4) is 5.75 Å². The summed E-state index contributed by atoms with van der Waals surface area (Å²) in [5.74, 6) is 0.885. The summed E-state index contributed by atoms with van der Waals surface area (Å²) < 4.78 is 15.8. The van der Waals surface area contributed by atoms with Crippen molar-refractivity contribution in [3.63, 3.8) is 0 Å². The van der Waals surface area contributed by atoms with Crippen molar-refractivity contribution in [2.45, 2.75) is 39.2 Å². The Balaban J connectivity index is 1.36. The predicted octanol–water partition coefficient (Wildman–Crippen LogP) is 2.40. The van der Waals surface area contributed by atoms with Gasteiger partial charge in [-0.2, -0.15) is 0 Å². The van der Waals surface area contributed by atoms with E-state index in [1.54, 1.807) is 12.1 Å². The van der Waals surface area contributed by atoms with Crippen molar-refractivity contribution < 1.29 is 9.23 Å². The zero-order valence-corrected chi connectivity index (χ0v) is 19.8. The van der Waals surface area contributed by atoms with Gasteiger partial charge in [0.25, 0.3) is 0 Å². The minimum Gasteiger partial charge on any atom is -0.403 e. The Morgan fingerprint density at radius 3 is 2.56 bits per heavy atom. The lowest BCUT2D eigenvalue weighted by Gasteiger charge is -2.34. The van der Waals surface area contributed by atoms with Crippen molar-refractivity contribution in [2.75, 3.05) is 53.4 Å². The smallest absolute Gasteiger partial charge is 0.175 e. The Morgan fingerprint density at radius 2 is 1.81 bits per heavy atom. The Kier molecular flexibility index (Phi) is 7.66. The van der Waals surface area contributed by atoms with E-state index in [1.165, 1.54) is 22.3 Å². The van der Waals surface area contributed by atoms with E-state index in [2.05, 4.69) is 52.6 Å². The third-order valence-corrected chi connectivity index (χ3v) is 6.54. The summed E-state index contributed by atoms with van der Waals surface area (Å²) in [4.78, 5) is 11.2. The van der Waals surface area contributed by atoms with Crippen LogP contribution in [0, 0.1) is 12.7 Å². The second-order valence-electron chi connectivity index (χ2n) is 9.25. The molecule has 1 fully saturated rings. The van der Waals surface area contributed by atoms with Gasteiger partial charge in [0.2, 0.25) is 0 Å². The molecule has 2 heterocycles. The SMILES string of the molecule is Cc1c(ON2CCN(CCc3cccc(F)c3)CC2)c2c(n1CCCN(C)C)=CCCC=2. The van der Waals surface area contributed by atoms with E-state index < -0.39 is 0 Å². The molecule has 0 N–H and O–H groups in total. The van der Waals surface area contributed by atoms with Crippen LogP contribution in [0.1, 0.15) is 30.5 Å². The molecular formula is C26H37FN4O. The first-order chi connectivity index (χ1) is 15.5. The predicted molar refractivity (Wildman–Crippen MR) is 128 cm³/mol. The van der Waals surface area contributed by atoms with Gasteiger partial charge in [-0.3, -0.25) is 0 Å². The Morgan fingerprint density at radius 1 is 1.03 bits per heavy atom. The summed E-state index contributed by atoms with van der Waals surface area (Å²) in [6, 6.07) is 6.94. The summed E-state index contributed by atoms with van der Waals surface area (Å²) in [5, 5.41) is 4.72. The average molecular weight is 441 g/mol. The van der Waals surface area contributed by atoms with Crippen molar-refractivity contribution >= 4 is 12.2 Å². The van der Waals surface area contributed by atoms with Crippen LogP contribution >= 0.6 is 0 Å². The summed E-state index contributed by atoms with van der Waals surface area (Å²) in [5.41, 5.74) is 2.30. The van der Waals surface area contributed by atoms with Crippen LogP contribution in [0.25, 0.3) is 12.2 Å². The third kappa shape index (κ3) is 5.61. The molecule has 0 radical (unpaired) electrons. The van der Waals surface area contributed by atoms with E-state index in [9.17, 15) is 4.39 Å². The van der Waals surface area contributed by atoms with Gasteiger partial charge in [-0.15, -0.1) is 5.06 Å². The molecule has 1 saturated heterocycles. The quantitative estimate of drug-likeness (QED) is 0.598. The van der Waals surface area contributed by atoms with E-state index in [0.717, 1.165) is 82.8 Å². The van der Waals surface area contributed by atoms with Crippen molar-refractivity contribution in [3.05, 3.63) is 51.9 Å². The molecule has 4 rings (SSSR count). The van der Waals surface area contributed by atoms with Gasteiger partial charge >= 0.3 is 0 Å². The number of fused-ring (bicyclic) bond motifs is 1. The molecule has 0 amide bonds. The lowest BCUT2D eigenvalue weighted by atomic mass is 10.1. The van der Waals surface area contributed by atoms with Crippen LogP contribution in [-0.4, -0.2) is 72.8 Å². The van der Waals surface area contributed by atoms with Gasteiger partial charge in [0.15, 0.2) is 5.75 Å². The molecule has 2 aliphatic rings. The minimum atomic E-state index is -0.151. The maximum atomic E-state index is 13.4. The van der Waals surface area contributed by atoms with E-state index >= 15 is 0 Å². The normalized spacial score (nSPS) is 17.2. The van der Waals surface area contributed by atoms with Crippen LogP contribution in [-0.2, 0) is 13.0 Å². The van der Waals surface area contributed by atoms with E-state index in [0.29, 0.717) is 0 Å². The number of piperazine rings is 1. The standard InChI is InChI=1S/C26H37FN4O/c1-21-26(24-10-4-5-11-25(24)31(21)14-7-13-28(2)3)32-30-18-16-29(17-19-30)15-12-22-8-6-9-23(27)20-22/h6,8-11,20H,4-5,7,12-19H2,1-3H3. The number of hydroxylamine groups is 2. The van der Waals surface area contributed by atoms with Crippen molar-refractivity contribution in [2.24, 2.45) is 0 Å². The molecule has 6 heteroatoms. The molecule has 0 unspecified atom stereocenters. The highest BCUT2D eigenvalue weighted by atomic mass is 19.1. The largest absolute Gasteiger partial charge is 0.403 e. The second kappa shape index (κ2) is 10.6. The van der Waals surface area contributed by atoms with Crippen molar-refractivity contribution in [1.82, 2.24) is 19.4 Å². The molecule has 0 bridgehead atoms. The maximum absolute atomic E-state index is 13.4. The highest BCUT2D eigenvalue weighted by Crippen LogP contribution is 2.17. The van der Waals surface area contributed by atoms with Crippen LogP contribution in [0.3, 0.4) is 0 Å². The lowest BCUT2D eigenvalue weighted by molar-refractivity contribution is -0.0893. The molecule has 32 heavy (non-hydrogen) atoms. The number of aromatic nitrogens is 1. The summed E-state index contributed by atoms with van der Waals surface area (Å²) in [6.45, 7) is 8.96. The highest BCUT2D eigenvalue weighted by Gasteiger charge is 2.22. The zero-order chi connectivity index (χ0) is 22.5. The third-order valence-electron chi connectivity index (χ3n) is 6.54. The number of benzene rings is 1. The summed E-state index contributed by atoms with van der Waals surface area (Å²) in [6.07, 6.45) is 8.91. The molecule has 1 aromatic carbocycles. The topological polar surface area (TPSA) is 23.9 Å². The van der Waals surface area contributed by atoms with Crippen molar-refractivity contribution in [1.29, 1.82) is 0 Å². The Hall–Kier alpha value is -2.15. The van der Waals surface area contributed by atoms with Crippen LogP contribution in [0.5, 0.6) is 5.75 Å². The summed E-state index contributed by atoms with van der Waals surface area (Å²) >= 11 is 0. The molecule has 2 aromatic rings. The van der Waals surface area contributed by atoms with Gasteiger partial charge in [-0.1, -0.05) is 24.3 Å². The number of hydrogen-bond donors (Lipinski definition) is 0.